The minimum Gasteiger partial charge on any atom is -0.355 e. The molecule has 1 heterocycles. The second-order valence-corrected chi connectivity index (χ2v) is 4.42. The first kappa shape index (κ1) is 15.6. The van der Waals surface area contributed by atoms with Crippen molar-refractivity contribution in [2.75, 3.05) is 19.6 Å². The fourth-order valence-electron chi connectivity index (χ4n) is 1.59. The lowest BCUT2D eigenvalue weighted by Crippen LogP contribution is -2.52. The Morgan fingerprint density at radius 2 is 2.19 bits per heavy atom. The van der Waals surface area contributed by atoms with Crippen LogP contribution in [0.2, 0.25) is 0 Å². The van der Waals surface area contributed by atoms with Gasteiger partial charge in [0.25, 0.3) is 5.92 Å². The summed E-state index contributed by atoms with van der Waals surface area (Å²) in [7, 11) is 0. The molecule has 0 aliphatic carbocycles. The van der Waals surface area contributed by atoms with Gasteiger partial charge in [0.2, 0.25) is 5.91 Å². The number of amides is 1. The zero-order chi connectivity index (χ0) is 11.5. The Morgan fingerprint density at radius 3 is 2.69 bits per heavy atom. The molecule has 0 radical (unpaired) electrons. The van der Waals surface area contributed by atoms with Gasteiger partial charge in [-0.25, -0.2) is 8.78 Å². The molecule has 1 amide bonds. The Balaban J connectivity index is 0.00000225. The highest BCUT2D eigenvalue weighted by molar-refractivity contribution is 5.85. The van der Waals surface area contributed by atoms with Crippen LogP contribution in [0.15, 0.2) is 0 Å². The number of nitrogens with one attached hydrogen (secondary N) is 2. The maximum Gasteiger partial charge on any atom is 0.271 e. The fraction of sp³-hybridized carbons (Fsp3) is 0.900. The smallest absolute Gasteiger partial charge is 0.271 e. The average molecular weight is 257 g/mol. The Hall–Kier alpha value is -0.420. The average Bonchev–Trinajstić information content (AvgIpc) is 2.13. The number of hydrogen-bond donors (Lipinski definition) is 2. The number of carbonyl (C=O) groups excluding carboxylic acids is 1. The second-order valence-electron chi connectivity index (χ2n) is 4.42. The van der Waals surface area contributed by atoms with Gasteiger partial charge in [-0.3, -0.25) is 4.79 Å². The number of alkyl halides is 2. The van der Waals surface area contributed by atoms with Crippen molar-refractivity contribution in [1.82, 2.24) is 10.6 Å². The molecule has 0 aromatic heterocycles. The zero-order valence-corrected chi connectivity index (χ0v) is 10.4. The molecule has 1 aliphatic rings. The number of rotatable bonds is 3. The van der Waals surface area contributed by atoms with Gasteiger partial charge in [0.05, 0.1) is 6.54 Å². The van der Waals surface area contributed by atoms with Crippen molar-refractivity contribution < 1.29 is 13.6 Å². The van der Waals surface area contributed by atoms with Gasteiger partial charge in [-0.2, -0.15) is 0 Å². The maximum absolute atomic E-state index is 13.3. The molecule has 6 heteroatoms. The summed E-state index contributed by atoms with van der Waals surface area (Å²) < 4.78 is 26.6. The van der Waals surface area contributed by atoms with E-state index in [9.17, 15) is 13.6 Å². The van der Waals surface area contributed by atoms with Gasteiger partial charge >= 0.3 is 0 Å². The Kier molecular flexibility index (Phi) is 6.18. The predicted octanol–water partition coefficient (Wildman–Crippen LogP) is 1.43. The number of halogens is 3. The predicted molar refractivity (Wildman–Crippen MR) is 61.0 cm³/mol. The summed E-state index contributed by atoms with van der Waals surface area (Å²) in [5.74, 6) is -4.32. The van der Waals surface area contributed by atoms with E-state index in [0.717, 1.165) is 0 Å². The molecule has 1 atom stereocenters. The summed E-state index contributed by atoms with van der Waals surface area (Å²) >= 11 is 0. The van der Waals surface area contributed by atoms with Crippen molar-refractivity contribution in [2.24, 2.45) is 11.8 Å². The molecule has 0 saturated carbocycles. The Morgan fingerprint density at radius 1 is 1.56 bits per heavy atom. The number of hydrogen-bond acceptors (Lipinski definition) is 2. The van der Waals surface area contributed by atoms with Gasteiger partial charge in [0, 0.05) is 6.54 Å². The first-order valence-electron chi connectivity index (χ1n) is 5.29. The molecule has 0 spiro atoms. The van der Waals surface area contributed by atoms with Gasteiger partial charge < -0.3 is 10.6 Å². The topological polar surface area (TPSA) is 41.1 Å². The van der Waals surface area contributed by atoms with E-state index in [0.29, 0.717) is 13.1 Å². The normalized spacial score (nSPS) is 23.7. The van der Waals surface area contributed by atoms with Crippen LogP contribution < -0.4 is 10.6 Å². The van der Waals surface area contributed by atoms with Crippen LogP contribution >= 0.6 is 12.4 Å². The third kappa shape index (κ3) is 4.22. The van der Waals surface area contributed by atoms with Crippen LogP contribution in [-0.2, 0) is 4.79 Å². The molecular formula is C10H19ClF2N2O. The first-order valence-corrected chi connectivity index (χ1v) is 5.29. The molecule has 16 heavy (non-hydrogen) atoms. The van der Waals surface area contributed by atoms with Crippen molar-refractivity contribution in [1.29, 1.82) is 0 Å². The minimum absolute atomic E-state index is 0. The summed E-state index contributed by atoms with van der Waals surface area (Å²) in [5, 5.41) is 5.16. The van der Waals surface area contributed by atoms with Gasteiger partial charge in [0.15, 0.2) is 0 Å². The lowest BCUT2D eigenvalue weighted by Gasteiger charge is -2.30. The fourth-order valence-corrected chi connectivity index (χ4v) is 1.59. The van der Waals surface area contributed by atoms with Crippen LogP contribution in [0.3, 0.4) is 0 Å². The SMILES string of the molecule is CC(C)CNC(=O)C1CCNCC1(F)F.Cl. The van der Waals surface area contributed by atoms with Crippen molar-refractivity contribution in [3.05, 3.63) is 0 Å². The molecule has 0 aromatic carbocycles. The van der Waals surface area contributed by atoms with Gasteiger partial charge in [-0.1, -0.05) is 13.8 Å². The standard InChI is InChI=1S/C10H18F2N2O.ClH/c1-7(2)5-14-9(15)8-3-4-13-6-10(8,11)12;/h7-8,13H,3-6H2,1-2H3,(H,14,15);1H. The second kappa shape index (κ2) is 6.35. The Labute approximate surface area is 101 Å². The van der Waals surface area contributed by atoms with Crippen LogP contribution in [0.1, 0.15) is 20.3 Å². The van der Waals surface area contributed by atoms with Crippen molar-refractivity contribution >= 4 is 18.3 Å². The van der Waals surface area contributed by atoms with E-state index in [1.54, 1.807) is 0 Å². The van der Waals surface area contributed by atoms with Crippen molar-refractivity contribution in [3.63, 3.8) is 0 Å². The van der Waals surface area contributed by atoms with E-state index >= 15 is 0 Å². The van der Waals surface area contributed by atoms with E-state index in [-0.39, 0.29) is 24.7 Å². The molecule has 0 aromatic rings. The van der Waals surface area contributed by atoms with Crippen molar-refractivity contribution in [3.8, 4) is 0 Å². The maximum atomic E-state index is 13.3. The lowest BCUT2D eigenvalue weighted by atomic mass is 9.93. The summed E-state index contributed by atoms with van der Waals surface area (Å²) in [4.78, 5) is 11.5. The first-order chi connectivity index (χ1) is 6.93. The molecule has 1 rings (SSSR count). The molecule has 2 N–H and O–H groups in total. The van der Waals surface area contributed by atoms with E-state index in [2.05, 4.69) is 10.6 Å². The highest BCUT2D eigenvalue weighted by Gasteiger charge is 2.45. The quantitative estimate of drug-likeness (QED) is 0.802. The van der Waals surface area contributed by atoms with Crippen LogP contribution in [0, 0.1) is 11.8 Å². The van der Waals surface area contributed by atoms with E-state index in [1.165, 1.54) is 0 Å². The molecule has 1 unspecified atom stereocenters. The molecule has 1 saturated heterocycles. The largest absolute Gasteiger partial charge is 0.355 e. The molecule has 1 aliphatic heterocycles. The summed E-state index contributed by atoms with van der Waals surface area (Å²) in [6, 6.07) is 0. The minimum atomic E-state index is -2.92. The van der Waals surface area contributed by atoms with E-state index in [1.807, 2.05) is 13.8 Å². The van der Waals surface area contributed by atoms with Crippen LogP contribution in [-0.4, -0.2) is 31.5 Å². The van der Waals surface area contributed by atoms with Crippen LogP contribution in [0.4, 0.5) is 8.78 Å². The van der Waals surface area contributed by atoms with E-state index in [4.69, 9.17) is 0 Å². The molecular weight excluding hydrogens is 238 g/mol. The molecule has 96 valence electrons. The summed E-state index contributed by atoms with van der Waals surface area (Å²) in [6.45, 7) is 4.41. The number of carbonyl (C=O) groups is 1. The molecule has 1 fully saturated rings. The third-order valence-corrected chi connectivity index (χ3v) is 2.48. The van der Waals surface area contributed by atoms with Crippen LogP contribution in [0.25, 0.3) is 0 Å². The Bertz CT molecular complexity index is 237. The number of piperidine rings is 1. The van der Waals surface area contributed by atoms with Gasteiger partial charge in [-0.05, 0) is 18.9 Å². The summed E-state index contributed by atoms with van der Waals surface area (Å²) in [6.07, 6.45) is 0.205. The highest BCUT2D eigenvalue weighted by Crippen LogP contribution is 2.29. The van der Waals surface area contributed by atoms with Crippen LogP contribution in [0.5, 0.6) is 0 Å². The molecule has 0 bridgehead atoms. The lowest BCUT2D eigenvalue weighted by molar-refractivity contribution is -0.142. The van der Waals surface area contributed by atoms with E-state index < -0.39 is 24.3 Å². The zero-order valence-electron chi connectivity index (χ0n) is 9.56. The molecule has 3 nitrogen and oxygen atoms in total. The highest BCUT2D eigenvalue weighted by atomic mass is 35.5. The van der Waals surface area contributed by atoms with Crippen molar-refractivity contribution in [2.45, 2.75) is 26.2 Å². The third-order valence-electron chi connectivity index (χ3n) is 2.48. The summed E-state index contributed by atoms with van der Waals surface area (Å²) in [5.41, 5.74) is 0. The van der Waals surface area contributed by atoms with Gasteiger partial charge in [0.1, 0.15) is 5.92 Å². The van der Waals surface area contributed by atoms with Gasteiger partial charge in [-0.15, -0.1) is 12.4 Å². The monoisotopic (exact) mass is 256 g/mol.